The smallest absolute Gasteiger partial charge is 0.246 e. The molecule has 2 aromatic heterocycles. The number of pyridine rings is 1. The molecule has 8 nitrogen and oxygen atoms in total. The van der Waals surface area contributed by atoms with E-state index in [1.807, 2.05) is 25.5 Å². The van der Waals surface area contributed by atoms with Gasteiger partial charge in [-0.05, 0) is 63.9 Å². The van der Waals surface area contributed by atoms with E-state index in [4.69, 9.17) is 4.52 Å². The summed E-state index contributed by atoms with van der Waals surface area (Å²) in [6.07, 6.45) is 8.15. The number of rotatable bonds is 6. The normalized spacial score (nSPS) is 21.6. The molecule has 0 bridgehead atoms. The molecule has 2 fully saturated rings. The predicted octanol–water partition coefficient (Wildman–Crippen LogP) is 2.11. The van der Waals surface area contributed by atoms with Crippen LogP contribution in [0.25, 0.3) is 0 Å². The molecule has 4 heterocycles. The van der Waals surface area contributed by atoms with Crippen molar-refractivity contribution in [1.82, 2.24) is 29.8 Å². The minimum atomic E-state index is 0.0567. The van der Waals surface area contributed by atoms with Crippen LogP contribution in [0.15, 0.2) is 29.0 Å². The molecule has 8 heteroatoms. The molecule has 0 saturated carbocycles. The summed E-state index contributed by atoms with van der Waals surface area (Å²) in [5, 5.41) is 3.81. The van der Waals surface area contributed by atoms with Crippen molar-refractivity contribution in [3.05, 3.63) is 41.8 Å². The average Bonchev–Trinajstić information content (AvgIpc) is 3.19. The second-order valence-corrected chi connectivity index (χ2v) is 8.63. The lowest BCUT2D eigenvalue weighted by atomic mass is 9.93. The molecule has 2 aliphatic rings. The molecule has 0 spiro atoms. The summed E-state index contributed by atoms with van der Waals surface area (Å²) in [6.45, 7) is 7.31. The summed E-state index contributed by atoms with van der Waals surface area (Å²) in [4.78, 5) is 28.2. The van der Waals surface area contributed by atoms with E-state index in [2.05, 4.69) is 31.0 Å². The van der Waals surface area contributed by atoms with E-state index in [0.717, 1.165) is 58.4 Å². The van der Waals surface area contributed by atoms with Gasteiger partial charge < -0.3 is 9.42 Å². The SMILES string of the molecule is Cc1noc(CN(C)C(=O)[C@H]2CCCN(C3CCN(Cc4cccnc4)CC3)C2)n1. The minimum absolute atomic E-state index is 0.0567. The summed E-state index contributed by atoms with van der Waals surface area (Å²) in [5.74, 6) is 1.34. The van der Waals surface area contributed by atoms with Gasteiger partial charge in [0, 0.05) is 38.6 Å². The fourth-order valence-electron chi connectivity index (χ4n) is 4.73. The zero-order valence-electron chi connectivity index (χ0n) is 18.0. The van der Waals surface area contributed by atoms with E-state index < -0.39 is 0 Å². The van der Waals surface area contributed by atoms with Gasteiger partial charge in [0.1, 0.15) is 0 Å². The largest absolute Gasteiger partial charge is 0.337 e. The van der Waals surface area contributed by atoms with Gasteiger partial charge in [0.25, 0.3) is 0 Å². The Bertz CT molecular complexity index is 818. The van der Waals surface area contributed by atoms with Crippen molar-refractivity contribution in [2.75, 3.05) is 33.2 Å². The number of piperidine rings is 2. The van der Waals surface area contributed by atoms with Gasteiger partial charge in [0.15, 0.2) is 5.82 Å². The summed E-state index contributed by atoms with van der Waals surface area (Å²) in [5.41, 5.74) is 1.28. The first-order valence-electron chi connectivity index (χ1n) is 11.0. The highest BCUT2D eigenvalue weighted by Crippen LogP contribution is 2.25. The Morgan fingerprint density at radius 3 is 2.80 bits per heavy atom. The first-order chi connectivity index (χ1) is 14.6. The van der Waals surface area contributed by atoms with Crippen molar-refractivity contribution in [3.8, 4) is 0 Å². The third-order valence-electron chi connectivity index (χ3n) is 6.32. The number of hydrogen-bond acceptors (Lipinski definition) is 7. The molecule has 0 aromatic carbocycles. The first-order valence-corrected chi connectivity index (χ1v) is 11.0. The van der Waals surface area contributed by atoms with Crippen molar-refractivity contribution < 1.29 is 9.32 Å². The van der Waals surface area contributed by atoms with Crippen LogP contribution in [0.3, 0.4) is 0 Å². The fraction of sp³-hybridized carbons (Fsp3) is 0.636. The lowest BCUT2D eigenvalue weighted by Crippen LogP contribution is -2.50. The Hall–Kier alpha value is -2.32. The maximum Gasteiger partial charge on any atom is 0.246 e. The number of aromatic nitrogens is 3. The maximum atomic E-state index is 13.0. The number of likely N-dealkylation sites (tertiary alicyclic amines) is 2. The Balaban J connectivity index is 1.26. The summed E-state index contributed by atoms with van der Waals surface area (Å²) in [6, 6.07) is 4.73. The van der Waals surface area contributed by atoms with Crippen LogP contribution in [-0.4, -0.2) is 75.0 Å². The van der Waals surface area contributed by atoms with E-state index in [1.165, 1.54) is 5.56 Å². The van der Waals surface area contributed by atoms with E-state index >= 15 is 0 Å². The Morgan fingerprint density at radius 2 is 2.10 bits per heavy atom. The second-order valence-electron chi connectivity index (χ2n) is 8.63. The van der Waals surface area contributed by atoms with Gasteiger partial charge >= 0.3 is 0 Å². The number of amides is 1. The molecule has 0 aliphatic carbocycles. The van der Waals surface area contributed by atoms with Crippen molar-refractivity contribution in [1.29, 1.82) is 0 Å². The monoisotopic (exact) mass is 412 g/mol. The van der Waals surface area contributed by atoms with Crippen LogP contribution in [0.4, 0.5) is 0 Å². The molecule has 30 heavy (non-hydrogen) atoms. The highest BCUT2D eigenvalue weighted by Gasteiger charge is 2.33. The maximum absolute atomic E-state index is 13.0. The zero-order valence-corrected chi connectivity index (χ0v) is 18.0. The fourth-order valence-corrected chi connectivity index (χ4v) is 4.73. The Morgan fingerprint density at radius 1 is 1.27 bits per heavy atom. The Kier molecular flexibility index (Phi) is 6.74. The van der Waals surface area contributed by atoms with Crippen molar-refractivity contribution in [2.24, 2.45) is 5.92 Å². The number of carbonyl (C=O) groups is 1. The average molecular weight is 413 g/mol. The van der Waals surface area contributed by atoms with E-state index in [1.54, 1.807) is 11.8 Å². The molecule has 2 aliphatic heterocycles. The van der Waals surface area contributed by atoms with Crippen LogP contribution < -0.4 is 0 Å². The first kappa shape index (κ1) is 20.9. The standard InChI is InChI=1S/C22H32N6O2/c1-17-24-21(30-25-17)16-26(2)22(29)19-6-4-10-28(15-19)20-7-11-27(12-8-20)14-18-5-3-9-23-13-18/h3,5,9,13,19-20H,4,6-8,10-12,14-16H2,1-2H3/t19-/m0/s1. The summed E-state index contributed by atoms with van der Waals surface area (Å²) >= 11 is 0. The molecule has 0 N–H and O–H groups in total. The molecule has 0 radical (unpaired) electrons. The van der Waals surface area contributed by atoms with Crippen LogP contribution in [-0.2, 0) is 17.9 Å². The molecule has 162 valence electrons. The molecule has 0 unspecified atom stereocenters. The van der Waals surface area contributed by atoms with Gasteiger partial charge in [-0.15, -0.1) is 0 Å². The molecular weight excluding hydrogens is 380 g/mol. The van der Waals surface area contributed by atoms with Gasteiger partial charge in [-0.1, -0.05) is 11.2 Å². The van der Waals surface area contributed by atoms with Crippen LogP contribution in [0, 0.1) is 12.8 Å². The van der Waals surface area contributed by atoms with Gasteiger partial charge in [-0.25, -0.2) is 0 Å². The molecule has 4 rings (SSSR count). The quantitative estimate of drug-likeness (QED) is 0.719. The highest BCUT2D eigenvalue weighted by molar-refractivity contribution is 5.78. The van der Waals surface area contributed by atoms with Gasteiger partial charge in [-0.2, -0.15) is 4.98 Å². The lowest BCUT2D eigenvalue weighted by Gasteiger charge is -2.42. The van der Waals surface area contributed by atoms with Crippen molar-refractivity contribution >= 4 is 5.91 Å². The van der Waals surface area contributed by atoms with E-state index in [0.29, 0.717) is 24.3 Å². The third kappa shape index (κ3) is 5.23. The number of aryl methyl sites for hydroxylation is 1. The van der Waals surface area contributed by atoms with Crippen LogP contribution in [0.1, 0.15) is 43.0 Å². The number of nitrogens with zero attached hydrogens (tertiary/aromatic N) is 6. The second kappa shape index (κ2) is 9.66. The predicted molar refractivity (Wildman–Crippen MR) is 112 cm³/mol. The van der Waals surface area contributed by atoms with Gasteiger partial charge in [0.2, 0.25) is 11.8 Å². The topological polar surface area (TPSA) is 78.6 Å². The van der Waals surface area contributed by atoms with E-state index in [9.17, 15) is 4.79 Å². The zero-order chi connectivity index (χ0) is 20.9. The highest BCUT2D eigenvalue weighted by atomic mass is 16.5. The Labute approximate surface area is 178 Å². The molecular formula is C22H32N6O2. The van der Waals surface area contributed by atoms with Gasteiger partial charge in [-0.3, -0.25) is 19.6 Å². The summed E-state index contributed by atoms with van der Waals surface area (Å²) in [7, 11) is 1.83. The molecule has 2 aromatic rings. The van der Waals surface area contributed by atoms with Crippen molar-refractivity contribution in [3.63, 3.8) is 0 Å². The lowest BCUT2D eigenvalue weighted by molar-refractivity contribution is -0.137. The summed E-state index contributed by atoms with van der Waals surface area (Å²) < 4.78 is 5.17. The van der Waals surface area contributed by atoms with Crippen LogP contribution >= 0.6 is 0 Å². The van der Waals surface area contributed by atoms with Crippen LogP contribution in [0.5, 0.6) is 0 Å². The molecule has 1 atom stereocenters. The van der Waals surface area contributed by atoms with Crippen molar-refractivity contribution in [2.45, 2.75) is 51.7 Å². The minimum Gasteiger partial charge on any atom is -0.337 e. The van der Waals surface area contributed by atoms with Crippen LogP contribution in [0.2, 0.25) is 0 Å². The molecule has 1 amide bonds. The number of carbonyl (C=O) groups excluding carboxylic acids is 1. The third-order valence-corrected chi connectivity index (χ3v) is 6.32. The van der Waals surface area contributed by atoms with Gasteiger partial charge in [0.05, 0.1) is 12.5 Å². The molecule has 2 saturated heterocycles. The number of hydrogen-bond donors (Lipinski definition) is 0. The van der Waals surface area contributed by atoms with E-state index in [-0.39, 0.29) is 11.8 Å².